The first kappa shape index (κ1) is 20.6. The van der Waals surface area contributed by atoms with Crippen LogP contribution >= 0.6 is 11.3 Å². The summed E-state index contributed by atoms with van der Waals surface area (Å²) in [6.07, 6.45) is 2.37. The van der Waals surface area contributed by atoms with Crippen molar-refractivity contribution in [3.05, 3.63) is 40.5 Å². The first-order valence-corrected chi connectivity index (χ1v) is 12.0. The van der Waals surface area contributed by atoms with Crippen LogP contribution in [0.25, 0.3) is 10.3 Å². The van der Waals surface area contributed by atoms with Crippen LogP contribution in [-0.2, 0) is 11.2 Å². The molecule has 2 fully saturated rings. The van der Waals surface area contributed by atoms with Gasteiger partial charge in [0, 0.05) is 43.1 Å². The highest BCUT2D eigenvalue weighted by Crippen LogP contribution is 2.33. The van der Waals surface area contributed by atoms with Crippen molar-refractivity contribution in [2.75, 3.05) is 43.5 Å². The van der Waals surface area contributed by atoms with Crippen molar-refractivity contribution in [2.45, 2.75) is 31.5 Å². The Balaban J connectivity index is 1.15. The fourth-order valence-corrected chi connectivity index (χ4v) is 5.85. The third-order valence-electron chi connectivity index (χ3n) is 6.41. The number of ether oxygens (including phenoxy) is 2. The fraction of sp³-hybridized carbons (Fsp3) is 0.435. The van der Waals surface area contributed by atoms with Gasteiger partial charge >= 0.3 is 0 Å². The Bertz CT molecular complexity index is 1220. The van der Waals surface area contributed by atoms with E-state index in [1.165, 1.54) is 17.0 Å². The molecule has 2 saturated heterocycles. The molecule has 33 heavy (non-hydrogen) atoms. The standard InChI is InChI=1S/C23H26N6O3S/c1-12-6-25-20-19(24)21(33-23(20)26-12)22(30)28-14-4-13-2-3-17(5-18(13)32-11-14)29-7-15-9-31-10-16(8-29)27-15/h2-3,5-6,14-16,27H,4,7-11,24H2,1H3,(H,28,30)/t14-,15?,16?/m1/s1. The maximum absolute atomic E-state index is 12.9. The lowest BCUT2D eigenvalue weighted by atomic mass is 10.0. The van der Waals surface area contributed by atoms with Gasteiger partial charge in [0.25, 0.3) is 5.91 Å². The van der Waals surface area contributed by atoms with Gasteiger partial charge in [-0.15, -0.1) is 11.3 Å². The van der Waals surface area contributed by atoms with Crippen LogP contribution < -0.4 is 26.0 Å². The number of nitrogens with two attached hydrogens (primary N) is 1. The van der Waals surface area contributed by atoms with Crippen molar-refractivity contribution < 1.29 is 14.3 Å². The molecule has 0 spiro atoms. The van der Waals surface area contributed by atoms with E-state index >= 15 is 0 Å². The number of benzene rings is 1. The zero-order valence-electron chi connectivity index (χ0n) is 18.3. The van der Waals surface area contributed by atoms with E-state index in [9.17, 15) is 4.79 Å². The molecule has 0 radical (unpaired) electrons. The second-order valence-corrected chi connectivity index (χ2v) is 9.99. The first-order valence-electron chi connectivity index (χ1n) is 11.2. The highest BCUT2D eigenvalue weighted by atomic mass is 32.1. The number of hydrogen-bond donors (Lipinski definition) is 3. The summed E-state index contributed by atoms with van der Waals surface area (Å²) in [6.45, 7) is 5.65. The fourth-order valence-electron chi connectivity index (χ4n) is 4.85. The molecule has 3 aromatic rings. The average molecular weight is 467 g/mol. The summed E-state index contributed by atoms with van der Waals surface area (Å²) < 4.78 is 11.7. The maximum Gasteiger partial charge on any atom is 0.263 e. The van der Waals surface area contributed by atoms with Crippen LogP contribution in [-0.4, -0.2) is 66.9 Å². The second kappa shape index (κ2) is 8.12. The summed E-state index contributed by atoms with van der Waals surface area (Å²) in [5.74, 6) is 0.682. The highest BCUT2D eigenvalue weighted by molar-refractivity contribution is 7.21. The van der Waals surface area contributed by atoms with E-state index in [-0.39, 0.29) is 11.9 Å². The molecule has 172 valence electrons. The summed E-state index contributed by atoms with van der Waals surface area (Å²) in [5.41, 5.74) is 10.2. The van der Waals surface area contributed by atoms with Crippen LogP contribution in [0.2, 0.25) is 0 Å². The number of carbonyl (C=O) groups is 1. The molecule has 0 saturated carbocycles. The van der Waals surface area contributed by atoms with E-state index < -0.39 is 0 Å². The molecule has 2 aromatic heterocycles. The van der Waals surface area contributed by atoms with Gasteiger partial charge in [0.1, 0.15) is 27.6 Å². The Kier molecular flexibility index (Phi) is 5.08. The smallest absolute Gasteiger partial charge is 0.263 e. The van der Waals surface area contributed by atoms with Crippen LogP contribution in [0.5, 0.6) is 5.75 Å². The first-order chi connectivity index (χ1) is 16.0. The lowest BCUT2D eigenvalue weighted by Gasteiger charge is -2.43. The number of thiophene rings is 1. The number of anilines is 2. The van der Waals surface area contributed by atoms with Gasteiger partial charge in [0.05, 0.1) is 30.6 Å². The average Bonchev–Trinajstić information content (AvgIpc) is 3.14. The molecule has 1 aromatic carbocycles. The molecule has 0 aliphatic carbocycles. The predicted octanol–water partition coefficient (Wildman–Crippen LogP) is 1.49. The number of nitrogen functional groups attached to an aromatic ring is 1. The van der Waals surface area contributed by atoms with Crippen LogP contribution in [0.4, 0.5) is 11.4 Å². The minimum atomic E-state index is -0.210. The number of hydrogen-bond acceptors (Lipinski definition) is 9. The molecule has 1 amide bonds. The van der Waals surface area contributed by atoms with E-state index in [4.69, 9.17) is 15.2 Å². The Morgan fingerprint density at radius 1 is 1.27 bits per heavy atom. The molecule has 10 heteroatoms. The molecule has 2 bridgehead atoms. The van der Waals surface area contributed by atoms with Gasteiger partial charge in [-0.05, 0) is 25.0 Å². The normalized spacial score (nSPS) is 24.3. The van der Waals surface area contributed by atoms with Crippen LogP contribution in [0.1, 0.15) is 20.9 Å². The van der Waals surface area contributed by atoms with E-state index in [2.05, 4.69) is 43.7 Å². The van der Waals surface area contributed by atoms with Crippen LogP contribution in [0.15, 0.2) is 24.4 Å². The molecule has 2 unspecified atom stereocenters. The van der Waals surface area contributed by atoms with Gasteiger partial charge in [-0.25, -0.2) is 9.97 Å². The molecule has 9 nitrogen and oxygen atoms in total. The second-order valence-electron chi connectivity index (χ2n) is 8.99. The van der Waals surface area contributed by atoms with Crippen molar-refractivity contribution in [1.82, 2.24) is 20.6 Å². The van der Waals surface area contributed by atoms with Gasteiger partial charge in [-0.2, -0.15) is 0 Å². The predicted molar refractivity (Wildman–Crippen MR) is 127 cm³/mol. The molecular formula is C23H26N6O3S. The topological polar surface area (TPSA) is 115 Å². The van der Waals surface area contributed by atoms with E-state index in [1.54, 1.807) is 6.20 Å². The SMILES string of the molecule is Cc1cnc2c(N)c(C(=O)N[C@H]3COc4cc(N5CC6COCC(C5)N6)ccc4C3)sc2n1. The van der Waals surface area contributed by atoms with Gasteiger partial charge in [0.2, 0.25) is 0 Å². The quantitative estimate of drug-likeness (QED) is 0.532. The number of aryl methyl sites for hydroxylation is 1. The number of nitrogens with zero attached hydrogens (tertiary/aromatic N) is 3. The Morgan fingerprint density at radius 2 is 2.09 bits per heavy atom. The van der Waals surface area contributed by atoms with Crippen molar-refractivity contribution in [3.63, 3.8) is 0 Å². The summed E-state index contributed by atoms with van der Waals surface area (Å²) in [7, 11) is 0. The Labute approximate surface area is 195 Å². The highest BCUT2D eigenvalue weighted by Gasteiger charge is 2.31. The minimum Gasteiger partial charge on any atom is -0.491 e. The van der Waals surface area contributed by atoms with Crippen molar-refractivity contribution in [3.8, 4) is 5.75 Å². The zero-order valence-corrected chi connectivity index (χ0v) is 19.2. The molecular weight excluding hydrogens is 440 g/mol. The number of fused-ring (bicyclic) bond motifs is 4. The number of rotatable bonds is 3. The summed E-state index contributed by atoms with van der Waals surface area (Å²) in [5, 5.41) is 6.69. The Morgan fingerprint density at radius 3 is 2.91 bits per heavy atom. The monoisotopic (exact) mass is 466 g/mol. The molecule has 5 heterocycles. The van der Waals surface area contributed by atoms with Crippen molar-refractivity contribution in [1.29, 1.82) is 0 Å². The number of carbonyl (C=O) groups excluding carboxylic acids is 1. The van der Waals surface area contributed by atoms with Gasteiger partial charge in [-0.1, -0.05) is 6.07 Å². The van der Waals surface area contributed by atoms with Crippen LogP contribution in [0, 0.1) is 6.92 Å². The number of morpholine rings is 1. The number of nitrogens with one attached hydrogen (secondary N) is 2. The van der Waals surface area contributed by atoms with Gasteiger partial charge < -0.3 is 30.7 Å². The van der Waals surface area contributed by atoms with Crippen molar-refractivity contribution >= 4 is 39.0 Å². The third-order valence-corrected chi connectivity index (χ3v) is 7.50. The van der Waals surface area contributed by atoms with E-state index in [1.807, 2.05) is 6.92 Å². The lowest BCUT2D eigenvalue weighted by Crippen LogP contribution is -2.62. The largest absolute Gasteiger partial charge is 0.491 e. The van der Waals surface area contributed by atoms with Gasteiger partial charge in [-0.3, -0.25) is 4.79 Å². The number of amides is 1. The summed E-state index contributed by atoms with van der Waals surface area (Å²) in [6, 6.07) is 6.99. The summed E-state index contributed by atoms with van der Waals surface area (Å²) >= 11 is 1.27. The maximum atomic E-state index is 12.9. The Hall–Kier alpha value is -2.95. The molecule has 6 rings (SSSR count). The molecule has 3 aliphatic heterocycles. The van der Waals surface area contributed by atoms with E-state index in [0.29, 0.717) is 46.0 Å². The van der Waals surface area contributed by atoms with E-state index in [0.717, 1.165) is 43.3 Å². The van der Waals surface area contributed by atoms with Crippen molar-refractivity contribution in [2.24, 2.45) is 0 Å². The minimum absolute atomic E-state index is 0.126. The molecule has 3 aliphatic rings. The summed E-state index contributed by atoms with van der Waals surface area (Å²) in [4.78, 5) is 25.2. The lowest BCUT2D eigenvalue weighted by molar-refractivity contribution is 0.0376. The van der Waals surface area contributed by atoms with Crippen LogP contribution in [0.3, 0.4) is 0 Å². The number of piperazine rings is 1. The third kappa shape index (κ3) is 3.88. The molecule has 4 N–H and O–H groups in total. The van der Waals surface area contributed by atoms with Gasteiger partial charge in [0.15, 0.2) is 0 Å². The zero-order chi connectivity index (χ0) is 22.5. The molecule has 3 atom stereocenters. The number of aromatic nitrogens is 2.